The van der Waals surface area contributed by atoms with Crippen LogP contribution in [-0.2, 0) is 35.3 Å². The summed E-state index contributed by atoms with van der Waals surface area (Å²) in [7, 11) is 0. The molecule has 0 saturated carbocycles. The highest BCUT2D eigenvalue weighted by molar-refractivity contribution is 5.97. The molecule has 0 bridgehead atoms. The molecule has 0 aliphatic carbocycles. The van der Waals surface area contributed by atoms with E-state index in [1.807, 2.05) is 206 Å². The van der Waals surface area contributed by atoms with E-state index >= 15 is 0 Å². The first-order chi connectivity index (χ1) is 29.7. The first-order valence-corrected chi connectivity index (χ1v) is 20.9. The number of nitrogens with one attached hydrogen (secondary N) is 2. The predicted molar refractivity (Wildman–Crippen MR) is 245 cm³/mol. The van der Waals surface area contributed by atoms with Crippen LogP contribution in [0.3, 0.4) is 0 Å². The van der Waals surface area contributed by atoms with Crippen molar-refractivity contribution in [1.29, 1.82) is 0 Å². The van der Waals surface area contributed by atoms with E-state index in [1.54, 1.807) is 0 Å². The molecule has 2 amide bonds. The molecule has 6 nitrogen and oxygen atoms in total. The average molecular weight is 803 g/mol. The van der Waals surface area contributed by atoms with Crippen LogP contribution in [0.25, 0.3) is 21.5 Å². The molecule has 0 aromatic heterocycles. The van der Waals surface area contributed by atoms with Gasteiger partial charge >= 0.3 is 0 Å². The van der Waals surface area contributed by atoms with Crippen molar-refractivity contribution in [3.8, 4) is 0 Å². The Morgan fingerprint density at radius 2 is 0.656 bits per heavy atom. The predicted octanol–water partition coefficient (Wildman–Crippen LogP) is 9.83. The second-order valence-corrected chi connectivity index (χ2v) is 16.2. The van der Waals surface area contributed by atoms with Crippen molar-refractivity contribution >= 4 is 33.4 Å². The SMILES string of the molecule is O=C(CC(=O)N[C@H](c1ccc2ccccc2c1)C(O)(Cc1ccccc1)Cc1ccccc1)N[C@H](c1ccc2ccccc2c1)C(O)(Cc1ccccc1)Cc1ccccc1. The summed E-state index contributed by atoms with van der Waals surface area (Å²) >= 11 is 0. The van der Waals surface area contributed by atoms with Crippen LogP contribution < -0.4 is 10.6 Å². The highest BCUT2D eigenvalue weighted by atomic mass is 16.3. The summed E-state index contributed by atoms with van der Waals surface area (Å²) in [5.41, 5.74) is 2.07. The van der Waals surface area contributed by atoms with Crippen LogP contribution in [0.5, 0.6) is 0 Å². The molecule has 4 N–H and O–H groups in total. The zero-order valence-electron chi connectivity index (χ0n) is 34.0. The number of fused-ring (bicyclic) bond motifs is 2. The quantitative estimate of drug-likeness (QED) is 0.0732. The van der Waals surface area contributed by atoms with Gasteiger partial charge in [0, 0.05) is 25.7 Å². The summed E-state index contributed by atoms with van der Waals surface area (Å²) in [6.45, 7) is 0. The maximum atomic E-state index is 14.4. The lowest BCUT2D eigenvalue weighted by Crippen LogP contribution is -2.51. The number of rotatable bonds is 16. The highest BCUT2D eigenvalue weighted by Crippen LogP contribution is 2.37. The number of amides is 2. The van der Waals surface area contributed by atoms with Gasteiger partial charge in [0.1, 0.15) is 6.42 Å². The molecule has 8 aromatic carbocycles. The van der Waals surface area contributed by atoms with E-state index in [4.69, 9.17) is 0 Å². The topological polar surface area (TPSA) is 98.7 Å². The fourth-order valence-electron chi connectivity index (χ4n) is 8.73. The van der Waals surface area contributed by atoms with Crippen LogP contribution >= 0.6 is 0 Å². The molecular weight excluding hydrogens is 753 g/mol. The van der Waals surface area contributed by atoms with Gasteiger partial charge in [-0.25, -0.2) is 0 Å². The lowest BCUT2D eigenvalue weighted by Gasteiger charge is -2.39. The Hall–Kier alpha value is -6.86. The number of carbonyl (C=O) groups is 2. The monoisotopic (exact) mass is 802 g/mol. The Morgan fingerprint density at radius 3 is 0.967 bits per heavy atom. The normalized spacial score (nSPS) is 12.8. The van der Waals surface area contributed by atoms with Crippen LogP contribution in [0.2, 0.25) is 0 Å². The second kappa shape index (κ2) is 18.6. The zero-order chi connectivity index (χ0) is 42.1. The summed E-state index contributed by atoms with van der Waals surface area (Å²) in [5, 5.41) is 36.3. The van der Waals surface area contributed by atoms with Crippen molar-refractivity contribution in [2.45, 2.75) is 55.4 Å². The Morgan fingerprint density at radius 1 is 0.377 bits per heavy atom. The van der Waals surface area contributed by atoms with E-state index in [0.29, 0.717) is 0 Å². The minimum absolute atomic E-state index is 0.239. The Kier molecular flexibility index (Phi) is 12.5. The number of benzene rings is 8. The van der Waals surface area contributed by atoms with Crippen molar-refractivity contribution in [1.82, 2.24) is 10.6 Å². The van der Waals surface area contributed by atoms with Crippen molar-refractivity contribution in [2.24, 2.45) is 0 Å². The fraction of sp³-hybridized carbons (Fsp3) is 0.164. The first kappa shape index (κ1) is 40.9. The minimum Gasteiger partial charge on any atom is -0.387 e. The van der Waals surface area contributed by atoms with E-state index < -0.39 is 41.5 Å². The van der Waals surface area contributed by atoms with Crippen molar-refractivity contribution < 1.29 is 19.8 Å². The molecule has 0 aliphatic rings. The van der Waals surface area contributed by atoms with Gasteiger partial charge in [0.05, 0.1) is 23.3 Å². The van der Waals surface area contributed by atoms with Crippen molar-refractivity contribution in [2.75, 3.05) is 0 Å². The maximum Gasteiger partial charge on any atom is 0.230 e. The number of hydrogen-bond acceptors (Lipinski definition) is 4. The molecule has 304 valence electrons. The third kappa shape index (κ3) is 10.1. The molecule has 61 heavy (non-hydrogen) atoms. The van der Waals surface area contributed by atoms with Crippen LogP contribution in [0.15, 0.2) is 206 Å². The molecule has 0 radical (unpaired) electrons. The Balaban J connectivity index is 1.14. The van der Waals surface area contributed by atoms with Crippen LogP contribution in [0, 0.1) is 0 Å². The summed E-state index contributed by atoms with van der Waals surface area (Å²) < 4.78 is 0. The number of hydrogen-bond donors (Lipinski definition) is 4. The number of aliphatic hydroxyl groups is 2. The van der Waals surface area contributed by atoms with E-state index in [2.05, 4.69) is 10.6 Å². The van der Waals surface area contributed by atoms with Crippen LogP contribution in [0.4, 0.5) is 0 Å². The summed E-state index contributed by atoms with van der Waals surface area (Å²) in [6, 6.07) is 65.1. The Bertz CT molecular complexity index is 2430. The summed E-state index contributed by atoms with van der Waals surface area (Å²) in [4.78, 5) is 28.9. The minimum atomic E-state index is -1.50. The number of carbonyl (C=O) groups excluding carboxylic acids is 2. The zero-order valence-corrected chi connectivity index (χ0v) is 34.0. The van der Waals surface area contributed by atoms with Gasteiger partial charge in [0.2, 0.25) is 11.8 Å². The molecule has 0 unspecified atom stereocenters. The molecule has 6 heteroatoms. The maximum absolute atomic E-state index is 14.4. The van der Waals surface area contributed by atoms with Gasteiger partial charge in [-0.05, 0) is 67.1 Å². The Labute approximate surface area is 357 Å². The third-order valence-electron chi connectivity index (χ3n) is 11.6. The standard InChI is InChI=1S/C55H50N2O4/c58-50(56-52(48-31-29-44-25-13-15-27-46(44)33-48)54(60,36-40-17-5-1-6-18-40)37-41-19-7-2-8-20-41)35-51(59)57-53(49-32-30-45-26-14-16-28-47(45)34-49)55(61,38-42-21-9-3-10-22-42)39-43-23-11-4-12-24-43/h1-34,52-53,60-61H,35-39H2,(H,56,58)(H,57,59)/t52-,53-/m1/s1. The molecule has 0 saturated heterocycles. The van der Waals surface area contributed by atoms with Crippen molar-refractivity contribution in [3.05, 3.63) is 240 Å². The molecule has 0 fully saturated rings. The molecule has 2 atom stereocenters. The smallest absolute Gasteiger partial charge is 0.230 e. The summed E-state index contributed by atoms with van der Waals surface area (Å²) in [6.07, 6.45) is 0.421. The van der Waals surface area contributed by atoms with Gasteiger partial charge in [-0.1, -0.05) is 194 Å². The molecular formula is C55H50N2O4. The largest absolute Gasteiger partial charge is 0.387 e. The molecule has 0 aliphatic heterocycles. The van der Waals surface area contributed by atoms with Crippen molar-refractivity contribution in [3.63, 3.8) is 0 Å². The van der Waals surface area contributed by atoms with E-state index in [9.17, 15) is 19.8 Å². The van der Waals surface area contributed by atoms with Gasteiger partial charge in [-0.15, -0.1) is 0 Å². The van der Waals surface area contributed by atoms with Gasteiger partial charge in [0.25, 0.3) is 0 Å². The molecule has 0 spiro atoms. The van der Waals surface area contributed by atoms with E-state index in [1.165, 1.54) is 0 Å². The average Bonchev–Trinajstić information content (AvgIpc) is 3.28. The summed E-state index contributed by atoms with van der Waals surface area (Å²) in [5.74, 6) is -1.11. The van der Waals surface area contributed by atoms with Gasteiger partial charge < -0.3 is 20.8 Å². The lowest BCUT2D eigenvalue weighted by molar-refractivity contribution is -0.133. The van der Waals surface area contributed by atoms with E-state index in [-0.39, 0.29) is 25.7 Å². The molecule has 0 heterocycles. The van der Waals surface area contributed by atoms with Crippen LogP contribution in [0.1, 0.15) is 51.9 Å². The van der Waals surface area contributed by atoms with Gasteiger partial charge in [-0.3, -0.25) is 9.59 Å². The molecule has 8 aromatic rings. The highest BCUT2D eigenvalue weighted by Gasteiger charge is 2.42. The third-order valence-corrected chi connectivity index (χ3v) is 11.6. The lowest BCUT2D eigenvalue weighted by atomic mass is 9.78. The van der Waals surface area contributed by atoms with Gasteiger partial charge in [0.15, 0.2) is 0 Å². The van der Waals surface area contributed by atoms with E-state index in [0.717, 1.165) is 54.9 Å². The second-order valence-electron chi connectivity index (χ2n) is 16.2. The van der Waals surface area contributed by atoms with Gasteiger partial charge in [-0.2, -0.15) is 0 Å². The van der Waals surface area contributed by atoms with Crippen LogP contribution in [-0.4, -0.2) is 33.2 Å². The molecule has 8 rings (SSSR count). The first-order valence-electron chi connectivity index (χ1n) is 20.9. The fourth-order valence-corrected chi connectivity index (χ4v) is 8.73.